The number of nitrogens with two attached hydrogens (primary N) is 1. The van der Waals surface area contributed by atoms with E-state index in [1.807, 2.05) is 12.3 Å². The van der Waals surface area contributed by atoms with E-state index in [0.29, 0.717) is 39.1 Å². The van der Waals surface area contributed by atoms with Crippen molar-refractivity contribution in [3.8, 4) is 6.07 Å². The van der Waals surface area contributed by atoms with Crippen LogP contribution in [0.15, 0.2) is 61.1 Å². The van der Waals surface area contributed by atoms with Crippen LogP contribution in [0.25, 0.3) is 11.0 Å². The first-order valence-electron chi connectivity index (χ1n) is 11.4. The summed E-state index contributed by atoms with van der Waals surface area (Å²) in [7, 11) is 0. The number of hydrogen-bond donors (Lipinski definition) is 3. The summed E-state index contributed by atoms with van der Waals surface area (Å²) >= 11 is 0. The van der Waals surface area contributed by atoms with E-state index in [1.54, 1.807) is 48.5 Å². The molecule has 0 aliphatic heterocycles. The Morgan fingerprint density at radius 3 is 2.66 bits per heavy atom. The van der Waals surface area contributed by atoms with Gasteiger partial charge in [-0.1, -0.05) is 37.1 Å². The minimum Gasteiger partial charge on any atom is -0.383 e. The van der Waals surface area contributed by atoms with Gasteiger partial charge in [0.1, 0.15) is 23.9 Å². The number of rotatable bonds is 5. The van der Waals surface area contributed by atoms with Crippen LogP contribution in [0.5, 0.6) is 0 Å². The number of nitrogen functional groups attached to an aromatic ring is 1. The van der Waals surface area contributed by atoms with Gasteiger partial charge in [-0.25, -0.2) is 14.8 Å². The van der Waals surface area contributed by atoms with Crippen molar-refractivity contribution in [3.05, 3.63) is 77.7 Å². The number of nitriles is 1. The van der Waals surface area contributed by atoms with Crippen molar-refractivity contribution in [2.75, 3.05) is 16.4 Å². The number of aromatic nitrogens is 3. The van der Waals surface area contributed by atoms with E-state index in [9.17, 15) is 14.9 Å². The van der Waals surface area contributed by atoms with Gasteiger partial charge in [-0.15, -0.1) is 0 Å². The van der Waals surface area contributed by atoms with Gasteiger partial charge in [0.25, 0.3) is 0 Å². The van der Waals surface area contributed by atoms with Gasteiger partial charge in [-0.05, 0) is 37.1 Å². The molecule has 2 aromatic carbocycles. The number of benzene rings is 2. The molecule has 0 bridgehead atoms. The number of urea groups is 1. The second-order valence-electron chi connectivity index (χ2n) is 8.49. The lowest BCUT2D eigenvalue weighted by Crippen LogP contribution is -2.20. The van der Waals surface area contributed by atoms with Crippen LogP contribution in [0.1, 0.15) is 53.2 Å². The molecule has 2 aromatic heterocycles. The van der Waals surface area contributed by atoms with Crippen LogP contribution in [0, 0.1) is 11.3 Å². The fourth-order valence-corrected chi connectivity index (χ4v) is 4.61. The van der Waals surface area contributed by atoms with Crippen molar-refractivity contribution in [1.82, 2.24) is 14.5 Å². The van der Waals surface area contributed by atoms with Crippen LogP contribution in [-0.4, -0.2) is 26.3 Å². The zero-order chi connectivity index (χ0) is 24.4. The van der Waals surface area contributed by atoms with Gasteiger partial charge in [0.15, 0.2) is 5.78 Å². The van der Waals surface area contributed by atoms with E-state index < -0.39 is 6.03 Å². The Bertz CT molecular complexity index is 1480. The van der Waals surface area contributed by atoms with Crippen molar-refractivity contribution >= 4 is 40.0 Å². The molecule has 1 saturated carbocycles. The summed E-state index contributed by atoms with van der Waals surface area (Å²) in [4.78, 5) is 34.6. The molecule has 0 saturated heterocycles. The molecule has 0 spiro atoms. The summed E-state index contributed by atoms with van der Waals surface area (Å²) < 4.78 is 2.05. The topological polar surface area (TPSA) is 139 Å². The first kappa shape index (κ1) is 22.1. The van der Waals surface area contributed by atoms with Gasteiger partial charge in [-0.3, -0.25) is 4.79 Å². The number of amides is 2. The quantitative estimate of drug-likeness (QED) is 0.359. The van der Waals surface area contributed by atoms with Gasteiger partial charge >= 0.3 is 6.03 Å². The smallest absolute Gasteiger partial charge is 0.323 e. The van der Waals surface area contributed by atoms with Crippen LogP contribution in [0.3, 0.4) is 0 Å². The Hall–Kier alpha value is -4.71. The molecule has 35 heavy (non-hydrogen) atoms. The second kappa shape index (κ2) is 9.27. The third kappa shape index (κ3) is 4.29. The van der Waals surface area contributed by atoms with Gasteiger partial charge in [0.2, 0.25) is 0 Å². The molecule has 174 valence electrons. The summed E-state index contributed by atoms with van der Waals surface area (Å²) in [6.07, 6.45) is 7.60. The molecule has 4 N–H and O–H groups in total. The molecule has 0 atom stereocenters. The predicted molar refractivity (Wildman–Crippen MR) is 133 cm³/mol. The van der Waals surface area contributed by atoms with Crippen LogP contribution in [0.4, 0.5) is 22.0 Å². The molecular formula is C26H23N7O2. The number of carbonyl (C=O) groups excluding carboxylic acids is 2. The Morgan fingerprint density at radius 1 is 1.06 bits per heavy atom. The van der Waals surface area contributed by atoms with Crippen LogP contribution < -0.4 is 16.4 Å². The fourth-order valence-electron chi connectivity index (χ4n) is 4.61. The Labute approximate surface area is 201 Å². The maximum absolute atomic E-state index is 13.6. The molecule has 1 fully saturated rings. The van der Waals surface area contributed by atoms with E-state index in [0.717, 1.165) is 25.7 Å². The summed E-state index contributed by atoms with van der Waals surface area (Å²) in [5.74, 6) is 0.0343. The zero-order valence-corrected chi connectivity index (χ0v) is 18.9. The van der Waals surface area contributed by atoms with E-state index in [2.05, 4.69) is 25.2 Å². The summed E-state index contributed by atoms with van der Waals surface area (Å²) in [5, 5.41) is 15.1. The molecule has 1 aliphatic rings. The highest BCUT2D eigenvalue weighted by Crippen LogP contribution is 2.35. The normalized spacial score (nSPS) is 13.5. The number of carbonyl (C=O) groups is 2. The van der Waals surface area contributed by atoms with E-state index >= 15 is 0 Å². The fraction of sp³-hybridized carbons (Fsp3) is 0.192. The van der Waals surface area contributed by atoms with Gasteiger partial charge < -0.3 is 20.9 Å². The highest BCUT2D eigenvalue weighted by atomic mass is 16.2. The largest absolute Gasteiger partial charge is 0.383 e. The molecule has 0 radical (unpaired) electrons. The molecule has 9 heteroatoms. The predicted octanol–water partition coefficient (Wildman–Crippen LogP) is 4.88. The number of anilines is 3. The number of hydrogen-bond acceptors (Lipinski definition) is 6. The van der Waals surface area contributed by atoms with E-state index in [1.165, 1.54) is 6.33 Å². The number of ketones is 1. The average Bonchev–Trinajstić information content (AvgIpc) is 3.53. The Balaban J connectivity index is 1.42. The third-order valence-electron chi connectivity index (χ3n) is 6.28. The molecule has 1 aliphatic carbocycles. The van der Waals surface area contributed by atoms with E-state index in [4.69, 9.17) is 5.73 Å². The number of para-hydroxylation sites is 1. The lowest BCUT2D eigenvalue weighted by Gasteiger charge is -2.12. The number of nitrogens with one attached hydrogen (secondary N) is 2. The summed E-state index contributed by atoms with van der Waals surface area (Å²) in [6, 6.07) is 15.2. The second-order valence-corrected chi connectivity index (χ2v) is 8.49. The van der Waals surface area contributed by atoms with Crippen molar-refractivity contribution in [2.24, 2.45) is 0 Å². The monoisotopic (exact) mass is 465 g/mol. The van der Waals surface area contributed by atoms with Gasteiger partial charge in [-0.2, -0.15) is 5.26 Å². The minimum atomic E-state index is -0.521. The summed E-state index contributed by atoms with van der Waals surface area (Å²) in [5.41, 5.74) is 8.86. The standard InChI is InChI=1S/C26H23N7O2/c27-13-17-6-1-4-11-21(17)32-26(35)31-18-8-5-7-16(12-18)23(34)20-14-33(19-9-2-3-10-19)25-22(20)24(28)29-15-30-25/h1,4-8,11-12,14-15,19H,2-3,9-10H2,(H2,28,29,30)(H2,31,32,35). The first-order valence-corrected chi connectivity index (χ1v) is 11.4. The molecular weight excluding hydrogens is 442 g/mol. The average molecular weight is 466 g/mol. The molecule has 5 rings (SSSR count). The lowest BCUT2D eigenvalue weighted by molar-refractivity contribution is 0.104. The Morgan fingerprint density at radius 2 is 1.86 bits per heavy atom. The highest BCUT2D eigenvalue weighted by Gasteiger charge is 2.25. The SMILES string of the molecule is N#Cc1ccccc1NC(=O)Nc1cccc(C(=O)c2cn(C3CCCC3)c3ncnc(N)c23)c1. The maximum Gasteiger partial charge on any atom is 0.323 e. The molecule has 2 amide bonds. The molecule has 4 aromatic rings. The van der Waals surface area contributed by atoms with Crippen molar-refractivity contribution in [1.29, 1.82) is 5.26 Å². The van der Waals surface area contributed by atoms with Crippen molar-refractivity contribution < 1.29 is 9.59 Å². The number of fused-ring (bicyclic) bond motifs is 1. The lowest BCUT2D eigenvalue weighted by atomic mass is 10.0. The molecule has 0 unspecified atom stereocenters. The Kier molecular flexibility index (Phi) is 5.85. The van der Waals surface area contributed by atoms with E-state index in [-0.39, 0.29) is 17.6 Å². The highest BCUT2D eigenvalue weighted by molar-refractivity contribution is 6.18. The van der Waals surface area contributed by atoms with Crippen LogP contribution in [0.2, 0.25) is 0 Å². The minimum absolute atomic E-state index is 0.230. The zero-order valence-electron chi connectivity index (χ0n) is 18.9. The van der Waals surface area contributed by atoms with Crippen LogP contribution >= 0.6 is 0 Å². The van der Waals surface area contributed by atoms with Gasteiger partial charge in [0.05, 0.1) is 22.2 Å². The number of nitrogens with zero attached hydrogens (tertiary/aromatic N) is 4. The molecule has 2 heterocycles. The third-order valence-corrected chi connectivity index (χ3v) is 6.28. The van der Waals surface area contributed by atoms with Crippen molar-refractivity contribution in [3.63, 3.8) is 0 Å². The van der Waals surface area contributed by atoms with Crippen LogP contribution in [-0.2, 0) is 0 Å². The molecule has 9 nitrogen and oxygen atoms in total. The maximum atomic E-state index is 13.6. The summed E-state index contributed by atoms with van der Waals surface area (Å²) in [6.45, 7) is 0. The van der Waals surface area contributed by atoms with Crippen molar-refractivity contribution in [2.45, 2.75) is 31.7 Å². The van der Waals surface area contributed by atoms with Gasteiger partial charge in [0, 0.05) is 23.5 Å². The first-order chi connectivity index (χ1) is 17.0.